The van der Waals surface area contributed by atoms with E-state index < -0.39 is 0 Å². The van der Waals surface area contributed by atoms with Gasteiger partial charge >= 0.3 is 0 Å². The number of ether oxygens (including phenoxy) is 1. The standard InChI is InChI=1S/C13H21N3O2/c1-13(2,18-3)8-15-12(17)11-6-9(14)7-16(11)10-4-5-10/h6-7,10H,4-5,8,14H2,1-3H3,(H,15,17). The number of carbonyl (C=O) groups is 1. The fourth-order valence-corrected chi connectivity index (χ4v) is 1.79. The maximum Gasteiger partial charge on any atom is 0.268 e. The average molecular weight is 251 g/mol. The summed E-state index contributed by atoms with van der Waals surface area (Å²) in [6.45, 7) is 4.33. The van der Waals surface area contributed by atoms with E-state index in [2.05, 4.69) is 5.32 Å². The smallest absolute Gasteiger partial charge is 0.268 e. The molecule has 0 atom stereocenters. The number of amides is 1. The number of aromatic nitrogens is 1. The number of rotatable bonds is 5. The molecular formula is C13H21N3O2. The first-order valence-electron chi connectivity index (χ1n) is 6.23. The minimum absolute atomic E-state index is 0.0938. The summed E-state index contributed by atoms with van der Waals surface area (Å²) in [6.07, 6.45) is 4.09. The summed E-state index contributed by atoms with van der Waals surface area (Å²) in [7, 11) is 1.64. The van der Waals surface area contributed by atoms with Crippen LogP contribution in [-0.2, 0) is 4.74 Å². The molecule has 0 spiro atoms. The fraction of sp³-hybridized carbons (Fsp3) is 0.615. The van der Waals surface area contributed by atoms with E-state index in [1.165, 1.54) is 0 Å². The predicted molar refractivity (Wildman–Crippen MR) is 70.5 cm³/mol. The molecule has 1 fully saturated rings. The molecule has 1 saturated carbocycles. The van der Waals surface area contributed by atoms with E-state index in [1.54, 1.807) is 13.2 Å². The maximum atomic E-state index is 12.1. The molecule has 0 saturated heterocycles. The summed E-state index contributed by atoms with van der Waals surface area (Å²) in [4.78, 5) is 12.1. The Hall–Kier alpha value is -1.49. The Labute approximate surface area is 107 Å². The van der Waals surface area contributed by atoms with Crippen molar-refractivity contribution >= 4 is 11.6 Å². The van der Waals surface area contributed by atoms with Gasteiger partial charge < -0.3 is 20.4 Å². The van der Waals surface area contributed by atoms with E-state index in [-0.39, 0.29) is 11.5 Å². The molecule has 1 aromatic heterocycles. The number of hydrogen-bond acceptors (Lipinski definition) is 3. The fourth-order valence-electron chi connectivity index (χ4n) is 1.79. The van der Waals surface area contributed by atoms with Crippen molar-refractivity contribution in [2.45, 2.75) is 38.3 Å². The Morgan fingerprint density at radius 2 is 2.28 bits per heavy atom. The topological polar surface area (TPSA) is 69.3 Å². The number of carbonyl (C=O) groups excluding carboxylic acids is 1. The van der Waals surface area contributed by atoms with Crippen LogP contribution in [0.2, 0.25) is 0 Å². The summed E-state index contributed by atoms with van der Waals surface area (Å²) >= 11 is 0. The summed E-state index contributed by atoms with van der Waals surface area (Å²) in [6, 6.07) is 2.17. The Kier molecular flexibility index (Phi) is 3.34. The highest BCUT2D eigenvalue weighted by Crippen LogP contribution is 2.37. The first-order chi connectivity index (χ1) is 8.43. The quantitative estimate of drug-likeness (QED) is 0.834. The van der Waals surface area contributed by atoms with Crippen molar-refractivity contribution in [2.24, 2.45) is 0 Å². The van der Waals surface area contributed by atoms with Crippen molar-refractivity contribution in [1.82, 2.24) is 9.88 Å². The van der Waals surface area contributed by atoms with Gasteiger partial charge in [-0.05, 0) is 32.8 Å². The molecule has 100 valence electrons. The van der Waals surface area contributed by atoms with Crippen LogP contribution >= 0.6 is 0 Å². The third-order valence-corrected chi connectivity index (χ3v) is 3.27. The third kappa shape index (κ3) is 2.85. The number of nitrogens with two attached hydrogens (primary N) is 1. The summed E-state index contributed by atoms with van der Waals surface area (Å²) in [5, 5.41) is 2.89. The van der Waals surface area contributed by atoms with E-state index in [1.807, 2.05) is 24.6 Å². The zero-order valence-electron chi connectivity index (χ0n) is 11.2. The minimum atomic E-state index is -0.363. The maximum absolute atomic E-state index is 12.1. The second-order valence-corrected chi connectivity index (χ2v) is 5.44. The first-order valence-corrected chi connectivity index (χ1v) is 6.23. The van der Waals surface area contributed by atoms with E-state index in [0.29, 0.717) is 24.0 Å². The van der Waals surface area contributed by atoms with Gasteiger partial charge in [0.1, 0.15) is 5.69 Å². The lowest BCUT2D eigenvalue weighted by Gasteiger charge is -2.23. The number of nitrogen functional groups attached to an aromatic ring is 1. The zero-order valence-corrected chi connectivity index (χ0v) is 11.2. The van der Waals surface area contributed by atoms with Crippen molar-refractivity contribution in [3.05, 3.63) is 18.0 Å². The number of nitrogens with zero attached hydrogens (tertiary/aromatic N) is 1. The largest absolute Gasteiger partial charge is 0.397 e. The third-order valence-electron chi connectivity index (χ3n) is 3.27. The Balaban J connectivity index is 2.04. The second-order valence-electron chi connectivity index (χ2n) is 5.44. The monoisotopic (exact) mass is 251 g/mol. The normalized spacial score (nSPS) is 15.7. The molecule has 1 aliphatic carbocycles. The van der Waals surface area contributed by atoms with Gasteiger partial charge in [-0.3, -0.25) is 4.79 Å². The van der Waals surface area contributed by atoms with Gasteiger partial charge in [0, 0.05) is 25.9 Å². The molecule has 0 unspecified atom stereocenters. The Morgan fingerprint density at radius 3 is 2.83 bits per heavy atom. The molecule has 1 aliphatic rings. The van der Waals surface area contributed by atoms with E-state index in [9.17, 15) is 4.79 Å². The van der Waals surface area contributed by atoms with Crippen molar-refractivity contribution in [3.63, 3.8) is 0 Å². The van der Waals surface area contributed by atoms with Crippen LogP contribution in [0.15, 0.2) is 12.3 Å². The van der Waals surface area contributed by atoms with Gasteiger partial charge in [0.25, 0.3) is 5.91 Å². The molecule has 1 amide bonds. The minimum Gasteiger partial charge on any atom is -0.397 e. The van der Waals surface area contributed by atoms with Crippen LogP contribution in [0.3, 0.4) is 0 Å². The van der Waals surface area contributed by atoms with Crippen LogP contribution in [0.4, 0.5) is 5.69 Å². The number of methoxy groups -OCH3 is 1. The molecule has 18 heavy (non-hydrogen) atoms. The van der Waals surface area contributed by atoms with Gasteiger partial charge in [-0.25, -0.2) is 0 Å². The van der Waals surface area contributed by atoms with Crippen LogP contribution in [0, 0.1) is 0 Å². The van der Waals surface area contributed by atoms with Gasteiger partial charge in [0.2, 0.25) is 0 Å². The van der Waals surface area contributed by atoms with Gasteiger partial charge in [0.15, 0.2) is 0 Å². The number of anilines is 1. The van der Waals surface area contributed by atoms with E-state index >= 15 is 0 Å². The van der Waals surface area contributed by atoms with Gasteiger partial charge in [0.05, 0.1) is 11.3 Å². The Bertz CT molecular complexity index is 447. The molecule has 0 aromatic carbocycles. The van der Waals surface area contributed by atoms with Gasteiger partial charge in [-0.2, -0.15) is 0 Å². The lowest BCUT2D eigenvalue weighted by molar-refractivity contribution is 0.0227. The molecule has 2 rings (SSSR count). The average Bonchev–Trinajstić information content (AvgIpc) is 3.09. The van der Waals surface area contributed by atoms with E-state index in [4.69, 9.17) is 10.5 Å². The molecule has 0 aliphatic heterocycles. The molecule has 0 bridgehead atoms. The lowest BCUT2D eigenvalue weighted by atomic mass is 10.1. The van der Waals surface area contributed by atoms with Crippen LogP contribution in [0.1, 0.15) is 43.2 Å². The lowest BCUT2D eigenvalue weighted by Crippen LogP contribution is -2.40. The number of nitrogens with one attached hydrogen (secondary N) is 1. The molecule has 0 radical (unpaired) electrons. The van der Waals surface area contributed by atoms with Crippen molar-refractivity contribution < 1.29 is 9.53 Å². The molecule has 5 nitrogen and oxygen atoms in total. The number of hydrogen-bond donors (Lipinski definition) is 2. The highest BCUT2D eigenvalue weighted by atomic mass is 16.5. The van der Waals surface area contributed by atoms with Crippen LogP contribution < -0.4 is 11.1 Å². The first kappa shape index (κ1) is 13.0. The van der Waals surface area contributed by atoms with Crippen LogP contribution in [-0.4, -0.2) is 29.7 Å². The van der Waals surface area contributed by atoms with Crippen LogP contribution in [0.5, 0.6) is 0 Å². The van der Waals surface area contributed by atoms with Crippen molar-refractivity contribution in [3.8, 4) is 0 Å². The highest BCUT2D eigenvalue weighted by Gasteiger charge is 2.28. The van der Waals surface area contributed by atoms with Crippen molar-refractivity contribution in [1.29, 1.82) is 0 Å². The van der Waals surface area contributed by atoms with Crippen molar-refractivity contribution in [2.75, 3.05) is 19.4 Å². The highest BCUT2D eigenvalue weighted by molar-refractivity contribution is 5.94. The molecule has 3 N–H and O–H groups in total. The Morgan fingerprint density at radius 1 is 1.61 bits per heavy atom. The summed E-state index contributed by atoms with van der Waals surface area (Å²) in [5.41, 5.74) is 6.68. The molecular weight excluding hydrogens is 230 g/mol. The molecule has 1 heterocycles. The summed E-state index contributed by atoms with van der Waals surface area (Å²) in [5.74, 6) is -0.0938. The van der Waals surface area contributed by atoms with E-state index in [0.717, 1.165) is 12.8 Å². The molecule has 1 aromatic rings. The molecule has 5 heteroatoms. The SMILES string of the molecule is COC(C)(C)CNC(=O)c1cc(N)cn1C1CC1. The predicted octanol–water partition coefficient (Wildman–Crippen LogP) is 1.56. The second kappa shape index (κ2) is 4.65. The summed E-state index contributed by atoms with van der Waals surface area (Å²) < 4.78 is 7.25. The van der Waals surface area contributed by atoms with Gasteiger partial charge in [-0.1, -0.05) is 0 Å². The zero-order chi connectivity index (χ0) is 13.3. The van der Waals surface area contributed by atoms with Gasteiger partial charge in [-0.15, -0.1) is 0 Å². The van der Waals surface area contributed by atoms with Crippen LogP contribution in [0.25, 0.3) is 0 Å².